The summed E-state index contributed by atoms with van der Waals surface area (Å²) in [6.45, 7) is 0. The van der Waals surface area contributed by atoms with Crippen molar-refractivity contribution >= 4 is 34.2 Å². The van der Waals surface area contributed by atoms with E-state index in [1.165, 1.54) is 6.07 Å². The second-order valence-corrected chi connectivity index (χ2v) is 2.86. The highest BCUT2D eigenvalue weighted by atomic mass is 127. The molecule has 2 nitrogen and oxygen atoms in total. The van der Waals surface area contributed by atoms with Crippen molar-refractivity contribution in [3.63, 3.8) is 0 Å². The molecule has 0 fully saturated rings. The van der Waals surface area contributed by atoms with E-state index in [4.69, 9.17) is 11.6 Å². The second-order valence-electron chi connectivity index (χ2n) is 1.31. The molecule has 9 heavy (non-hydrogen) atoms. The van der Waals surface area contributed by atoms with Gasteiger partial charge >= 0.3 is 0 Å². The molecule has 0 saturated carbocycles. The van der Waals surface area contributed by atoms with Crippen LogP contribution in [-0.4, -0.2) is 10.2 Å². The van der Waals surface area contributed by atoms with Gasteiger partial charge in [-0.1, -0.05) is 11.6 Å². The first kappa shape index (κ1) is 7.14. The van der Waals surface area contributed by atoms with Crippen LogP contribution in [0.25, 0.3) is 0 Å². The number of rotatable bonds is 0. The molecule has 0 radical (unpaired) electrons. The Bertz CT molecular complexity index is 230. The average molecular weight is 258 g/mol. The molecule has 0 aliphatic rings. The summed E-state index contributed by atoms with van der Waals surface area (Å²) in [7, 11) is 0. The Hall–Kier alpha value is 0.0300. The molecule has 0 aliphatic carbocycles. The molecule has 1 aromatic heterocycles. The fraction of sp³-hybridized carbons (Fsp3) is 0. The summed E-state index contributed by atoms with van der Waals surface area (Å²) in [4.78, 5) is 0. The third kappa shape index (κ3) is 1.72. The van der Waals surface area contributed by atoms with Crippen LogP contribution in [0, 0.1) is 9.52 Å². The predicted molar refractivity (Wildman–Crippen MR) is 39.7 cm³/mol. The van der Waals surface area contributed by atoms with Crippen LogP contribution in [0.2, 0.25) is 5.15 Å². The van der Waals surface area contributed by atoms with Crippen molar-refractivity contribution in [2.75, 3.05) is 0 Å². The summed E-state index contributed by atoms with van der Waals surface area (Å²) in [6, 6.07) is 1.41. The van der Waals surface area contributed by atoms with Gasteiger partial charge in [-0.3, -0.25) is 0 Å². The van der Waals surface area contributed by atoms with Gasteiger partial charge in [-0.05, 0) is 28.7 Å². The highest BCUT2D eigenvalue weighted by molar-refractivity contribution is 14.1. The zero-order chi connectivity index (χ0) is 6.85. The Morgan fingerprint density at radius 1 is 1.56 bits per heavy atom. The molecular formula is C4HClFIN2. The van der Waals surface area contributed by atoms with Crippen molar-refractivity contribution in [2.45, 2.75) is 0 Å². The number of hydrogen-bond donors (Lipinski definition) is 0. The van der Waals surface area contributed by atoms with E-state index in [1.807, 2.05) is 0 Å². The van der Waals surface area contributed by atoms with Crippen LogP contribution in [0.15, 0.2) is 6.07 Å². The Morgan fingerprint density at radius 3 is 2.67 bits per heavy atom. The second kappa shape index (κ2) is 2.74. The molecule has 0 spiro atoms. The molecule has 1 heterocycles. The minimum atomic E-state index is -0.583. The van der Waals surface area contributed by atoms with Crippen molar-refractivity contribution in [1.82, 2.24) is 10.2 Å². The van der Waals surface area contributed by atoms with E-state index in [1.54, 1.807) is 22.6 Å². The van der Waals surface area contributed by atoms with Crippen molar-refractivity contribution in [3.8, 4) is 0 Å². The quantitative estimate of drug-likeness (QED) is 0.664. The first-order valence-electron chi connectivity index (χ1n) is 2.04. The van der Waals surface area contributed by atoms with Crippen LogP contribution in [0.1, 0.15) is 0 Å². The lowest BCUT2D eigenvalue weighted by atomic mass is 10.6. The van der Waals surface area contributed by atoms with Crippen LogP contribution in [0.4, 0.5) is 4.39 Å². The Morgan fingerprint density at radius 2 is 2.22 bits per heavy atom. The lowest BCUT2D eigenvalue weighted by Crippen LogP contribution is -1.90. The molecule has 0 N–H and O–H groups in total. The third-order valence-corrected chi connectivity index (χ3v) is 1.62. The van der Waals surface area contributed by atoms with Gasteiger partial charge in [-0.25, -0.2) is 0 Å². The molecular weight excluding hydrogens is 257 g/mol. The van der Waals surface area contributed by atoms with Gasteiger partial charge in [0.05, 0.1) is 3.57 Å². The molecule has 0 atom stereocenters. The van der Waals surface area contributed by atoms with Gasteiger partial charge in [0.2, 0.25) is 5.95 Å². The van der Waals surface area contributed by atoms with E-state index in [-0.39, 0.29) is 5.15 Å². The smallest absolute Gasteiger partial charge is 0.182 e. The summed E-state index contributed by atoms with van der Waals surface area (Å²) in [6.07, 6.45) is 0. The summed E-state index contributed by atoms with van der Waals surface area (Å²) in [5, 5.41) is 6.61. The van der Waals surface area contributed by atoms with Crippen LogP contribution in [-0.2, 0) is 0 Å². The monoisotopic (exact) mass is 258 g/mol. The molecule has 0 aromatic carbocycles. The van der Waals surface area contributed by atoms with E-state index < -0.39 is 5.95 Å². The zero-order valence-corrected chi connectivity index (χ0v) is 7.02. The molecule has 5 heteroatoms. The van der Waals surface area contributed by atoms with Crippen molar-refractivity contribution in [3.05, 3.63) is 20.7 Å². The summed E-state index contributed by atoms with van der Waals surface area (Å²) < 4.78 is 12.6. The number of aromatic nitrogens is 2. The maximum Gasteiger partial charge on any atom is 0.246 e. The summed E-state index contributed by atoms with van der Waals surface area (Å²) in [5.74, 6) is -0.583. The van der Waals surface area contributed by atoms with Gasteiger partial charge in [-0.2, -0.15) is 4.39 Å². The van der Waals surface area contributed by atoms with E-state index in [9.17, 15) is 4.39 Å². The van der Waals surface area contributed by atoms with Gasteiger partial charge in [0.25, 0.3) is 0 Å². The molecule has 1 rings (SSSR count). The molecule has 0 unspecified atom stereocenters. The first-order valence-corrected chi connectivity index (χ1v) is 3.50. The lowest BCUT2D eigenvalue weighted by Gasteiger charge is -1.89. The first-order chi connectivity index (χ1) is 4.20. The number of hydrogen-bond acceptors (Lipinski definition) is 2. The van der Waals surface area contributed by atoms with Crippen LogP contribution in [0.5, 0.6) is 0 Å². The molecule has 0 aliphatic heterocycles. The van der Waals surface area contributed by atoms with E-state index >= 15 is 0 Å². The van der Waals surface area contributed by atoms with Gasteiger partial charge in [0.15, 0.2) is 5.15 Å². The van der Waals surface area contributed by atoms with Gasteiger partial charge in [-0.15, -0.1) is 10.2 Å². The predicted octanol–water partition coefficient (Wildman–Crippen LogP) is 1.87. The van der Waals surface area contributed by atoms with E-state index in [0.717, 1.165) is 0 Å². The normalized spacial score (nSPS) is 9.67. The highest BCUT2D eigenvalue weighted by Crippen LogP contribution is 2.10. The van der Waals surface area contributed by atoms with Crippen LogP contribution < -0.4 is 0 Å². The summed E-state index contributed by atoms with van der Waals surface area (Å²) >= 11 is 7.16. The SMILES string of the molecule is Fc1nnc(Cl)cc1I. The average Bonchev–Trinajstić information content (AvgIpc) is 1.80. The Balaban J connectivity index is 3.17. The van der Waals surface area contributed by atoms with Crippen molar-refractivity contribution in [1.29, 1.82) is 0 Å². The summed E-state index contributed by atoms with van der Waals surface area (Å²) in [5.41, 5.74) is 0. The van der Waals surface area contributed by atoms with Gasteiger partial charge in [0.1, 0.15) is 0 Å². The maximum atomic E-state index is 12.3. The highest BCUT2D eigenvalue weighted by Gasteiger charge is 1.99. The number of halogens is 3. The molecule has 0 bridgehead atoms. The van der Waals surface area contributed by atoms with Crippen molar-refractivity contribution < 1.29 is 4.39 Å². The van der Waals surface area contributed by atoms with Crippen LogP contribution in [0.3, 0.4) is 0 Å². The van der Waals surface area contributed by atoms with Gasteiger partial charge < -0.3 is 0 Å². The minimum absolute atomic E-state index is 0.209. The van der Waals surface area contributed by atoms with E-state index in [2.05, 4.69) is 10.2 Å². The molecule has 0 saturated heterocycles. The van der Waals surface area contributed by atoms with E-state index in [0.29, 0.717) is 3.57 Å². The topological polar surface area (TPSA) is 25.8 Å². The standard InChI is InChI=1S/C4HClFIN2/c5-3-1-2(7)4(6)9-8-3/h1H. The van der Waals surface area contributed by atoms with Gasteiger partial charge in [0, 0.05) is 0 Å². The zero-order valence-electron chi connectivity index (χ0n) is 4.11. The minimum Gasteiger partial charge on any atom is -0.182 e. The maximum absolute atomic E-state index is 12.3. The lowest BCUT2D eigenvalue weighted by molar-refractivity contribution is 0.555. The molecule has 0 amide bonds. The fourth-order valence-electron chi connectivity index (χ4n) is 0.332. The molecule has 1 aromatic rings. The Labute approximate surface area is 69.6 Å². The molecule has 48 valence electrons. The van der Waals surface area contributed by atoms with Crippen molar-refractivity contribution in [2.24, 2.45) is 0 Å². The third-order valence-electron chi connectivity index (χ3n) is 0.676. The number of nitrogens with zero attached hydrogens (tertiary/aromatic N) is 2. The fourth-order valence-corrected chi connectivity index (χ4v) is 1.07. The largest absolute Gasteiger partial charge is 0.246 e. The van der Waals surface area contributed by atoms with Crippen LogP contribution >= 0.6 is 34.2 Å². The Kier molecular flexibility index (Phi) is 2.18.